The predicted molar refractivity (Wildman–Crippen MR) is 95.9 cm³/mol. The minimum Gasteiger partial charge on any atom is -0.452 e. The highest BCUT2D eigenvalue weighted by Gasteiger charge is 2.29. The average molecular weight is 357 g/mol. The summed E-state index contributed by atoms with van der Waals surface area (Å²) in [4.78, 5) is 24.4. The number of carbonyl (C=O) groups excluding carboxylic acids is 2. The van der Waals surface area contributed by atoms with Crippen LogP contribution in [0.15, 0.2) is 48.2 Å². The molecule has 0 saturated carbocycles. The smallest absolute Gasteiger partial charge is 0.316 e. The summed E-state index contributed by atoms with van der Waals surface area (Å²) in [6.07, 6.45) is 1.65. The first kappa shape index (κ1) is 17.2. The lowest BCUT2D eigenvalue weighted by molar-refractivity contribution is -0.142. The van der Waals surface area contributed by atoms with Gasteiger partial charge < -0.3 is 9.47 Å². The number of Topliss-reactive ketones (excluding diaryl/α,β-unsaturated/α-hetero) is 1. The second-order valence-corrected chi connectivity index (χ2v) is 7.23. The molecule has 0 N–H and O–H groups in total. The molecular formula is C20H17ClO4. The first-order valence-electron chi connectivity index (χ1n) is 7.80. The Morgan fingerprint density at radius 1 is 1.12 bits per heavy atom. The third kappa shape index (κ3) is 3.74. The summed E-state index contributed by atoms with van der Waals surface area (Å²) in [6, 6.07) is 11.8. The average Bonchev–Trinajstić information content (AvgIpc) is 2.84. The molecule has 0 amide bonds. The van der Waals surface area contributed by atoms with Gasteiger partial charge in [-0.2, -0.15) is 0 Å². The molecule has 0 aliphatic carbocycles. The topological polar surface area (TPSA) is 52.6 Å². The third-order valence-electron chi connectivity index (χ3n) is 3.63. The second-order valence-electron chi connectivity index (χ2n) is 6.79. The van der Waals surface area contributed by atoms with Crippen LogP contribution in [0.2, 0.25) is 5.02 Å². The lowest BCUT2D eigenvalue weighted by atomic mass is 9.97. The molecule has 4 nitrogen and oxygen atoms in total. The van der Waals surface area contributed by atoms with Gasteiger partial charge in [-0.1, -0.05) is 23.7 Å². The molecule has 0 bridgehead atoms. The molecule has 128 valence electrons. The quantitative estimate of drug-likeness (QED) is 0.436. The molecule has 1 aliphatic rings. The summed E-state index contributed by atoms with van der Waals surface area (Å²) < 4.78 is 11.0. The summed E-state index contributed by atoms with van der Waals surface area (Å²) in [5.41, 5.74) is 0.630. The maximum absolute atomic E-state index is 12.4. The van der Waals surface area contributed by atoms with E-state index in [2.05, 4.69) is 0 Å². The summed E-state index contributed by atoms with van der Waals surface area (Å²) >= 11 is 5.86. The largest absolute Gasteiger partial charge is 0.452 e. The Bertz CT molecular complexity index is 874. The molecular weight excluding hydrogens is 340 g/mol. The normalized spacial score (nSPS) is 15.0. The molecule has 0 aromatic heterocycles. The Balaban J connectivity index is 1.84. The number of fused-ring (bicyclic) bond motifs is 1. The maximum atomic E-state index is 12.4. The van der Waals surface area contributed by atoms with Crippen molar-refractivity contribution in [3.8, 4) is 11.5 Å². The minimum atomic E-state index is -0.616. The maximum Gasteiger partial charge on any atom is 0.316 e. The highest BCUT2D eigenvalue weighted by atomic mass is 35.5. The molecule has 0 spiro atoms. The Morgan fingerprint density at radius 2 is 1.80 bits per heavy atom. The summed E-state index contributed by atoms with van der Waals surface area (Å²) in [6.45, 7) is 5.32. The van der Waals surface area contributed by atoms with E-state index in [0.29, 0.717) is 22.1 Å². The van der Waals surface area contributed by atoms with Gasteiger partial charge in [0.2, 0.25) is 5.78 Å². The van der Waals surface area contributed by atoms with Crippen LogP contribution in [0.25, 0.3) is 6.08 Å². The number of halogens is 1. The molecule has 0 unspecified atom stereocenters. The van der Waals surface area contributed by atoms with Crippen LogP contribution in [-0.2, 0) is 4.79 Å². The standard InChI is InChI=1S/C20H17ClO4/c1-20(2,3)19(23)24-14-8-9-15-16(11-14)25-17(18(15)22)10-12-4-6-13(21)7-5-12/h4-11H,1-3H3/b17-10-. The predicted octanol–water partition coefficient (Wildman–Crippen LogP) is 4.91. The van der Waals surface area contributed by atoms with E-state index < -0.39 is 5.41 Å². The summed E-state index contributed by atoms with van der Waals surface area (Å²) in [5, 5.41) is 0.620. The number of carbonyl (C=O) groups is 2. The van der Waals surface area contributed by atoms with Crippen molar-refractivity contribution in [1.29, 1.82) is 0 Å². The minimum absolute atomic E-state index is 0.210. The number of hydrogen-bond donors (Lipinski definition) is 0. The van der Waals surface area contributed by atoms with Crippen LogP contribution in [0.5, 0.6) is 11.5 Å². The van der Waals surface area contributed by atoms with Gasteiger partial charge in [-0.05, 0) is 56.7 Å². The summed E-state index contributed by atoms with van der Waals surface area (Å²) in [5.74, 6) is 0.382. The Labute approximate surface area is 151 Å². The van der Waals surface area contributed by atoms with Crippen LogP contribution in [-0.4, -0.2) is 11.8 Å². The van der Waals surface area contributed by atoms with Crippen LogP contribution in [0.3, 0.4) is 0 Å². The van der Waals surface area contributed by atoms with Crippen LogP contribution in [0.4, 0.5) is 0 Å². The summed E-state index contributed by atoms with van der Waals surface area (Å²) in [7, 11) is 0. The number of ether oxygens (including phenoxy) is 2. The third-order valence-corrected chi connectivity index (χ3v) is 3.88. The SMILES string of the molecule is CC(C)(C)C(=O)Oc1ccc2c(c1)O/C(=C\c1ccc(Cl)cc1)C2=O. The van der Waals surface area contributed by atoms with Crippen LogP contribution in [0, 0.1) is 5.41 Å². The number of allylic oxidation sites excluding steroid dienone is 1. The first-order chi connectivity index (χ1) is 11.7. The Morgan fingerprint density at radius 3 is 2.44 bits per heavy atom. The molecule has 2 aromatic rings. The van der Waals surface area contributed by atoms with E-state index in [-0.39, 0.29) is 17.5 Å². The molecule has 1 heterocycles. The van der Waals surface area contributed by atoms with Crippen molar-refractivity contribution >= 4 is 29.4 Å². The van der Waals surface area contributed by atoms with Gasteiger partial charge in [-0.3, -0.25) is 9.59 Å². The Kier molecular flexibility index (Phi) is 4.39. The van der Waals surface area contributed by atoms with Crippen LogP contribution < -0.4 is 9.47 Å². The van der Waals surface area contributed by atoms with E-state index in [1.807, 2.05) is 0 Å². The molecule has 25 heavy (non-hydrogen) atoms. The van der Waals surface area contributed by atoms with Crippen molar-refractivity contribution in [3.05, 3.63) is 64.4 Å². The van der Waals surface area contributed by atoms with Crippen molar-refractivity contribution in [2.24, 2.45) is 5.41 Å². The van der Waals surface area contributed by atoms with Crippen molar-refractivity contribution in [2.75, 3.05) is 0 Å². The Hall–Kier alpha value is -2.59. The zero-order chi connectivity index (χ0) is 18.2. The zero-order valence-corrected chi connectivity index (χ0v) is 14.9. The molecule has 3 rings (SSSR count). The fourth-order valence-corrected chi connectivity index (χ4v) is 2.33. The lowest BCUT2D eigenvalue weighted by Gasteiger charge is -2.16. The van der Waals surface area contributed by atoms with Gasteiger partial charge in [-0.15, -0.1) is 0 Å². The van der Waals surface area contributed by atoms with Gasteiger partial charge in [0.05, 0.1) is 11.0 Å². The lowest BCUT2D eigenvalue weighted by Crippen LogP contribution is -2.25. The van der Waals surface area contributed by atoms with Crippen molar-refractivity contribution < 1.29 is 19.1 Å². The van der Waals surface area contributed by atoms with Crippen molar-refractivity contribution in [2.45, 2.75) is 20.8 Å². The number of ketones is 1. The molecule has 0 saturated heterocycles. The molecule has 0 atom stereocenters. The van der Waals surface area contributed by atoms with Gasteiger partial charge in [0.15, 0.2) is 5.76 Å². The molecule has 2 aromatic carbocycles. The number of esters is 1. The van der Waals surface area contributed by atoms with Gasteiger partial charge in [0.25, 0.3) is 0 Å². The van der Waals surface area contributed by atoms with Crippen LogP contribution >= 0.6 is 11.6 Å². The van der Waals surface area contributed by atoms with E-state index >= 15 is 0 Å². The zero-order valence-electron chi connectivity index (χ0n) is 14.1. The fraction of sp³-hybridized carbons (Fsp3) is 0.200. The first-order valence-corrected chi connectivity index (χ1v) is 8.18. The van der Waals surface area contributed by atoms with E-state index in [9.17, 15) is 9.59 Å². The van der Waals surface area contributed by atoms with Crippen molar-refractivity contribution in [3.63, 3.8) is 0 Å². The molecule has 0 radical (unpaired) electrons. The fourth-order valence-electron chi connectivity index (χ4n) is 2.20. The number of hydrogen-bond acceptors (Lipinski definition) is 4. The van der Waals surface area contributed by atoms with Gasteiger partial charge in [0.1, 0.15) is 11.5 Å². The van der Waals surface area contributed by atoms with E-state index in [1.54, 1.807) is 69.3 Å². The van der Waals surface area contributed by atoms with Gasteiger partial charge >= 0.3 is 5.97 Å². The molecule has 1 aliphatic heterocycles. The van der Waals surface area contributed by atoms with E-state index in [0.717, 1.165) is 5.56 Å². The second kappa shape index (κ2) is 6.37. The highest BCUT2D eigenvalue weighted by molar-refractivity contribution is 6.30. The monoisotopic (exact) mass is 356 g/mol. The van der Waals surface area contributed by atoms with Gasteiger partial charge in [0, 0.05) is 11.1 Å². The molecule has 0 fully saturated rings. The highest BCUT2D eigenvalue weighted by Crippen LogP contribution is 2.35. The number of rotatable bonds is 2. The van der Waals surface area contributed by atoms with E-state index in [1.165, 1.54) is 0 Å². The van der Waals surface area contributed by atoms with Crippen molar-refractivity contribution in [1.82, 2.24) is 0 Å². The van der Waals surface area contributed by atoms with Crippen LogP contribution in [0.1, 0.15) is 36.7 Å². The molecule has 5 heteroatoms. The van der Waals surface area contributed by atoms with E-state index in [4.69, 9.17) is 21.1 Å². The van der Waals surface area contributed by atoms with Gasteiger partial charge in [-0.25, -0.2) is 0 Å². The number of benzene rings is 2.